The van der Waals surface area contributed by atoms with Crippen LogP contribution in [0.4, 0.5) is 0 Å². The largest absolute Gasteiger partial charge is 0.280 e. The molecule has 0 radical (unpaired) electrons. The lowest BCUT2D eigenvalue weighted by molar-refractivity contribution is 0.658. The third-order valence-electron chi connectivity index (χ3n) is 4.40. The minimum absolute atomic E-state index is 0.308. The maximum absolute atomic E-state index is 5.11. The Morgan fingerprint density at radius 3 is 2.17 bits per heavy atom. The van der Waals surface area contributed by atoms with Crippen LogP contribution >= 0.6 is 0 Å². The Kier molecular flexibility index (Phi) is 3.77. The van der Waals surface area contributed by atoms with Crippen molar-refractivity contribution in [3.63, 3.8) is 0 Å². The first-order chi connectivity index (χ1) is 11.4. The third kappa shape index (κ3) is 2.95. The normalized spacial score (nSPS) is 16.5. The summed E-state index contributed by atoms with van der Waals surface area (Å²) in [6.07, 6.45) is 2.01. The zero-order valence-electron chi connectivity index (χ0n) is 13.0. The van der Waals surface area contributed by atoms with E-state index < -0.39 is 0 Å². The van der Waals surface area contributed by atoms with Crippen LogP contribution in [0, 0.1) is 0 Å². The monoisotopic (exact) mass is 297 g/mol. The van der Waals surface area contributed by atoms with Gasteiger partial charge in [0, 0.05) is 11.1 Å². The molecular weight excluding hydrogens is 278 g/mol. The molecule has 1 unspecified atom stereocenters. The second-order valence-electron chi connectivity index (χ2n) is 6.05. The van der Waals surface area contributed by atoms with Gasteiger partial charge in [0.25, 0.3) is 0 Å². The van der Waals surface area contributed by atoms with Gasteiger partial charge >= 0.3 is 0 Å². The zero-order chi connectivity index (χ0) is 15.5. The van der Waals surface area contributed by atoms with Gasteiger partial charge in [-0.2, -0.15) is 0 Å². The van der Waals surface area contributed by atoms with E-state index in [9.17, 15) is 0 Å². The molecule has 0 N–H and O–H groups in total. The highest BCUT2D eigenvalue weighted by Gasteiger charge is 2.21. The Bertz CT molecular complexity index is 819. The van der Waals surface area contributed by atoms with Crippen LogP contribution in [0.3, 0.4) is 0 Å². The first kappa shape index (κ1) is 14.0. The minimum atomic E-state index is 0.308. The molecule has 1 aliphatic rings. The SMILES string of the molecule is c1ccc(CC2Cc3ccccc3C(c3ccccc3)=N2)cc1. The summed E-state index contributed by atoms with van der Waals surface area (Å²) in [5, 5.41) is 0. The lowest BCUT2D eigenvalue weighted by Crippen LogP contribution is -2.23. The van der Waals surface area contributed by atoms with E-state index in [1.54, 1.807) is 0 Å². The predicted molar refractivity (Wildman–Crippen MR) is 96.2 cm³/mol. The second kappa shape index (κ2) is 6.21. The van der Waals surface area contributed by atoms with Crippen LogP contribution in [-0.4, -0.2) is 11.8 Å². The van der Waals surface area contributed by atoms with Crippen LogP contribution in [0.5, 0.6) is 0 Å². The Morgan fingerprint density at radius 1 is 0.739 bits per heavy atom. The van der Waals surface area contributed by atoms with Crippen LogP contribution in [-0.2, 0) is 12.8 Å². The van der Waals surface area contributed by atoms with Gasteiger partial charge in [0.15, 0.2) is 0 Å². The standard InChI is InChI=1S/C22H19N/c1-3-9-17(10-4-1)15-20-16-19-13-7-8-14-21(19)22(23-20)18-11-5-2-6-12-18/h1-14,20H,15-16H2. The van der Waals surface area contributed by atoms with Gasteiger partial charge in [-0.1, -0.05) is 84.9 Å². The number of fused-ring (bicyclic) bond motifs is 1. The number of nitrogens with zero attached hydrogens (tertiary/aromatic N) is 1. The van der Waals surface area contributed by atoms with Crippen LogP contribution in [0.2, 0.25) is 0 Å². The fourth-order valence-electron chi connectivity index (χ4n) is 3.31. The molecule has 0 saturated carbocycles. The molecule has 0 amide bonds. The van der Waals surface area contributed by atoms with Gasteiger partial charge in [0.2, 0.25) is 0 Å². The smallest absolute Gasteiger partial charge is 0.0725 e. The van der Waals surface area contributed by atoms with Crippen molar-refractivity contribution in [3.8, 4) is 0 Å². The number of hydrogen-bond acceptors (Lipinski definition) is 1. The van der Waals surface area contributed by atoms with E-state index in [0.717, 1.165) is 18.6 Å². The molecule has 0 spiro atoms. The van der Waals surface area contributed by atoms with Crippen molar-refractivity contribution in [2.75, 3.05) is 0 Å². The van der Waals surface area contributed by atoms with Crippen molar-refractivity contribution in [2.45, 2.75) is 18.9 Å². The minimum Gasteiger partial charge on any atom is -0.280 e. The van der Waals surface area contributed by atoms with Crippen LogP contribution in [0.15, 0.2) is 89.9 Å². The average Bonchev–Trinajstić information content (AvgIpc) is 2.63. The topological polar surface area (TPSA) is 12.4 Å². The summed E-state index contributed by atoms with van der Waals surface area (Å²) in [6.45, 7) is 0. The molecule has 112 valence electrons. The van der Waals surface area contributed by atoms with Gasteiger partial charge in [0.05, 0.1) is 11.8 Å². The second-order valence-corrected chi connectivity index (χ2v) is 6.05. The quantitative estimate of drug-likeness (QED) is 0.665. The molecule has 3 aromatic carbocycles. The maximum atomic E-state index is 5.11. The molecule has 0 aromatic heterocycles. The van der Waals surface area contributed by atoms with Gasteiger partial charge in [0.1, 0.15) is 0 Å². The first-order valence-electron chi connectivity index (χ1n) is 8.15. The highest BCUT2D eigenvalue weighted by molar-refractivity contribution is 6.14. The van der Waals surface area contributed by atoms with Crippen molar-refractivity contribution in [1.82, 2.24) is 0 Å². The van der Waals surface area contributed by atoms with Crippen molar-refractivity contribution in [2.24, 2.45) is 4.99 Å². The Morgan fingerprint density at radius 2 is 1.39 bits per heavy atom. The Balaban J connectivity index is 1.73. The predicted octanol–water partition coefficient (Wildman–Crippen LogP) is 4.69. The van der Waals surface area contributed by atoms with Crippen LogP contribution < -0.4 is 0 Å². The van der Waals surface area contributed by atoms with Gasteiger partial charge in [-0.15, -0.1) is 0 Å². The summed E-state index contributed by atoms with van der Waals surface area (Å²) >= 11 is 0. The van der Waals surface area contributed by atoms with Gasteiger partial charge in [-0.05, 0) is 24.0 Å². The lowest BCUT2D eigenvalue weighted by Gasteiger charge is -2.24. The van der Waals surface area contributed by atoms with E-state index in [-0.39, 0.29) is 0 Å². The molecular formula is C22H19N. The number of hydrogen-bond donors (Lipinski definition) is 0. The molecule has 0 aliphatic carbocycles. The molecule has 1 heterocycles. The number of benzene rings is 3. The van der Waals surface area contributed by atoms with Gasteiger partial charge in [-0.3, -0.25) is 4.99 Å². The maximum Gasteiger partial charge on any atom is 0.0725 e. The van der Waals surface area contributed by atoms with E-state index in [1.165, 1.54) is 22.3 Å². The fourth-order valence-corrected chi connectivity index (χ4v) is 3.31. The molecule has 0 bridgehead atoms. The van der Waals surface area contributed by atoms with Gasteiger partial charge in [-0.25, -0.2) is 0 Å². The molecule has 0 fully saturated rings. The van der Waals surface area contributed by atoms with Crippen molar-refractivity contribution in [3.05, 3.63) is 107 Å². The van der Waals surface area contributed by atoms with Gasteiger partial charge < -0.3 is 0 Å². The van der Waals surface area contributed by atoms with E-state index in [1.807, 2.05) is 0 Å². The average molecular weight is 297 g/mol. The summed E-state index contributed by atoms with van der Waals surface area (Å²) in [5.74, 6) is 0. The summed E-state index contributed by atoms with van der Waals surface area (Å²) in [5.41, 5.74) is 6.38. The van der Waals surface area contributed by atoms with E-state index in [2.05, 4.69) is 84.9 Å². The molecule has 1 atom stereocenters. The molecule has 1 nitrogen and oxygen atoms in total. The van der Waals surface area contributed by atoms with Crippen molar-refractivity contribution in [1.29, 1.82) is 0 Å². The van der Waals surface area contributed by atoms with Crippen LogP contribution in [0.1, 0.15) is 22.3 Å². The van der Waals surface area contributed by atoms with E-state index in [0.29, 0.717) is 6.04 Å². The number of rotatable bonds is 3. The molecule has 3 aromatic rings. The van der Waals surface area contributed by atoms with E-state index in [4.69, 9.17) is 4.99 Å². The molecule has 1 heteroatoms. The third-order valence-corrected chi connectivity index (χ3v) is 4.40. The first-order valence-corrected chi connectivity index (χ1v) is 8.15. The van der Waals surface area contributed by atoms with Crippen LogP contribution in [0.25, 0.3) is 0 Å². The fraction of sp³-hybridized carbons (Fsp3) is 0.136. The molecule has 4 rings (SSSR count). The lowest BCUT2D eigenvalue weighted by atomic mass is 9.88. The highest BCUT2D eigenvalue weighted by atomic mass is 14.8. The molecule has 0 saturated heterocycles. The summed E-state index contributed by atoms with van der Waals surface area (Å²) in [6, 6.07) is 30.2. The molecule has 23 heavy (non-hydrogen) atoms. The Hall–Kier alpha value is -2.67. The van der Waals surface area contributed by atoms with E-state index >= 15 is 0 Å². The van der Waals surface area contributed by atoms with Crippen molar-refractivity contribution >= 4 is 5.71 Å². The zero-order valence-corrected chi connectivity index (χ0v) is 13.0. The Labute approximate surface area is 137 Å². The molecule has 1 aliphatic heterocycles. The summed E-state index contributed by atoms with van der Waals surface area (Å²) in [7, 11) is 0. The highest BCUT2D eigenvalue weighted by Crippen LogP contribution is 2.25. The van der Waals surface area contributed by atoms with Crippen molar-refractivity contribution < 1.29 is 0 Å². The number of aliphatic imine (C=N–C) groups is 1. The summed E-state index contributed by atoms with van der Waals surface area (Å²) < 4.78 is 0. The summed E-state index contributed by atoms with van der Waals surface area (Å²) in [4.78, 5) is 5.11.